The second-order valence-electron chi connectivity index (χ2n) is 4.36. The van der Waals surface area contributed by atoms with Gasteiger partial charge in [-0.1, -0.05) is 48.0 Å². The third kappa shape index (κ3) is 2.40. The molecule has 3 rings (SSSR count). The Morgan fingerprint density at radius 1 is 1.00 bits per heavy atom. The predicted octanol–water partition coefficient (Wildman–Crippen LogP) is 4.93. The number of carbonyl (C=O) groups excluding carboxylic acids is 1. The van der Waals surface area contributed by atoms with Crippen LogP contribution in [0.25, 0.3) is 22.2 Å². The van der Waals surface area contributed by atoms with Crippen molar-refractivity contribution in [2.24, 2.45) is 0 Å². The quantitative estimate of drug-likeness (QED) is 0.628. The minimum atomic E-state index is -0.503. The zero-order chi connectivity index (χ0) is 14.1. The molecule has 0 bridgehead atoms. The fraction of sp³-hybridized carbons (Fsp3) is 0. The molecular weight excluding hydrogens is 293 g/mol. The Bertz CT molecular complexity index is 800. The van der Waals surface area contributed by atoms with Crippen molar-refractivity contribution >= 4 is 39.3 Å². The normalized spacial score (nSPS) is 10.7. The Hall–Kier alpha value is -1.90. The van der Waals surface area contributed by atoms with Gasteiger partial charge in [-0.3, -0.25) is 4.79 Å². The van der Waals surface area contributed by atoms with Crippen LogP contribution in [0.1, 0.15) is 10.4 Å². The van der Waals surface area contributed by atoms with Crippen molar-refractivity contribution < 1.29 is 4.79 Å². The van der Waals surface area contributed by atoms with E-state index in [2.05, 4.69) is 4.98 Å². The van der Waals surface area contributed by atoms with Crippen LogP contribution >= 0.6 is 23.2 Å². The molecule has 1 aromatic heterocycles. The van der Waals surface area contributed by atoms with Gasteiger partial charge >= 0.3 is 0 Å². The van der Waals surface area contributed by atoms with Gasteiger partial charge in [0.2, 0.25) is 0 Å². The number of fused-ring (bicyclic) bond motifs is 1. The summed E-state index contributed by atoms with van der Waals surface area (Å²) in [6.07, 6.45) is 0. The number of hydrogen-bond donors (Lipinski definition) is 0. The van der Waals surface area contributed by atoms with E-state index in [0.29, 0.717) is 27.2 Å². The number of halogens is 2. The number of pyridine rings is 1. The number of benzene rings is 2. The van der Waals surface area contributed by atoms with Gasteiger partial charge in [-0.15, -0.1) is 0 Å². The van der Waals surface area contributed by atoms with E-state index in [9.17, 15) is 4.79 Å². The van der Waals surface area contributed by atoms with E-state index in [1.165, 1.54) is 0 Å². The first-order valence-corrected chi connectivity index (χ1v) is 6.76. The van der Waals surface area contributed by atoms with Crippen molar-refractivity contribution in [2.75, 3.05) is 0 Å². The highest BCUT2D eigenvalue weighted by Crippen LogP contribution is 2.27. The highest BCUT2D eigenvalue weighted by atomic mass is 35.5. The summed E-state index contributed by atoms with van der Waals surface area (Å²) in [4.78, 5) is 16.2. The molecule has 2 aromatic carbocycles. The zero-order valence-corrected chi connectivity index (χ0v) is 11.8. The van der Waals surface area contributed by atoms with Crippen molar-refractivity contribution in [1.29, 1.82) is 0 Å². The van der Waals surface area contributed by atoms with E-state index in [1.807, 2.05) is 30.3 Å². The van der Waals surface area contributed by atoms with Gasteiger partial charge in [0.25, 0.3) is 5.24 Å². The Morgan fingerprint density at radius 2 is 1.75 bits per heavy atom. The second kappa shape index (κ2) is 5.23. The maximum Gasteiger partial charge on any atom is 0.253 e. The van der Waals surface area contributed by atoms with Crippen LogP contribution in [0.15, 0.2) is 54.6 Å². The third-order valence-electron chi connectivity index (χ3n) is 3.05. The molecule has 0 amide bonds. The molecule has 3 aromatic rings. The lowest BCUT2D eigenvalue weighted by atomic mass is 10.0. The van der Waals surface area contributed by atoms with Crippen LogP contribution < -0.4 is 0 Å². The average Bonchev–Trinajstić information content (AvgIpc) is 2.46. The van der Waals surface area contributed by atoms with Crippen molar-refractivity contribution in [3.8, 4) is 11.3 Å². The molecule has 2 nitrogen and oxygen atoms in total. The molecule has 0 unspecified atom stereocenters. The van der Waals surface area contributed by atoms with Crippen LogP contribution in [-0.4, -0.2) is 10.2 Å². The van der Waals surface area contributed by atoms with E-state index in [1.54, 1.807) is 24.3 Å². The Balaban J connectivity index is 2.32. The van der Waals surface area contributed by atoms with Gasteiger partial charge in [-0.05, 0) is 29.8 Å². The third-order valence-corrected chi connectivity index (χ3v) is 3.49. The van der Waals surface area contributed by atoms with E-state index >= 15 is 0 Å². The molecule has 20 heavy (non-hydrogen) atoms. The van der Waals surface area contributed by atoms with E-state index in [4.69, 9.17) is 23.2 Å². The number of hydrogen-bond acceptors (Lipinski definition) is 2. The Morgan fingerprint density at radius 3 is 2.45 bits per heavy atom. The summed E-state index contributed by atoms with van der Waals surface area (Å²) < 4.78 is 0. The van der Waals surface area contributed by atoms with E-state index < -0.39 is 5.24 Å². The van der Waals surface area contributed by atoms with Gasteiger partial charge in [0.05, 0.1) is 11.2 Å². The molecule has 0 aliphatic carbocycles. The van der Waals surface area contributed by atoms with Crippen LogP contribution in [0.2, 0.25) is 5.02 Å². The molecule has 0 radical (unpaired) electrons. The van der Waals surface area contributed by atoms with Crippen LogP contribution in [-0.2, 0) is 0 Å². The number of carbonyl (C=O) groups is 1. The molecule has 0 aliphatic rings. The molecule has 0 saturated carbocycles. The zero-order valence-electron chi connectivity index (χ0n) is 10.3. The molecule has 0 N–H and O–H groups in total. The monoisotopic (exact) mass is 301 g/mol. The molecule has 0 spiro atoms. The van der Waals surface area contributed by atoms with E-state index in [-0.39, 0.29) is 0 Å². The maximum atomic E-state index is 11.6. The Labute approximate surface area is 126 Å². The van der Waals surface area contributed by atoms with Gasteiger partial charge in [0.15, 0.2) is 0 Å². The summed E-state index contributed by atoms with van der Waals surface area (Å²) in [5.41, 5.74) is 2.72. The summed E-state index contributed by atoms with van der Waals surface area (Å²) in [5.74, 6) is 0. The number of rotatable bonds is 2. The topological polar surface area (TPSA) is 30.0 Å². The van der Waals surface area contributed by atoms with Crippen molar-refractivity contribution in [2.45, 2.75) is 0 Å². The maximum absolute atomic E-state index is 11.6. The summed E-state index contributed by atoms with van der Waals surface area (Å²) in [6, 6.07) is 16.5. The van der Waals surface area contributed by atoms with Gasteiger partial charge < -0.3 is 0 Å². The first kappa shape index (κ1) is 13.1. The average molecular weight is 302 g/mol. The van der Waals surface area contributed by atoms with Crippen molar-refractivity contribution in [3.05, 3.63) is 65.2 Å². The molecule has 0 saturated heterocycles. The highest BCUT2D eigenvalue weighted by Gasteiger charge is 2.12. The fourth-order valence-electron chi connectivity index (χ4n) is 2.12. The molecule has 0 atom stereocenters. The first-order valence-electron chi connectivity index (χ1n) is 6.01. The van der Waals surface area contributed by atoms with Gasteiger partial charge in [0.1, 0.15) is 0 Å². The van der Waals surface area contributed by atoms with Gasteiger partial charge in [0, 0.05) is 21.5 Å². The minimum absolute atomic E-state index is 0.437. The van der Waals surface area contributed by atoms with Crippen LogP contribution in [0.3, 0.4) is 0 Å². The molecule has 98 valence electrons. The highest BCUT2D eigenvalue weighted by molar-refractivity contribution is 6.68. The van der Waals surface area contributed by atoms with Gasteiger partial charge in [-0.25, -0.2) is 4.98 Å². The molecule has 1 heterocycles. The van der Waals surface area contributed by atoms with Crippen molar-refractivity contribution in [1.82, 2.24) is 4.98 Å². The SMILES string of the molecule is O=C(Cl)c1cc(-c2ccccc2)nc2cc(Cl)ccc12. The summed E-state index contributed by atoms with van der Waals surface area (Å²) >= 11 is 11.7. The van der Waals surface area contributed by atoms with Gasteiger partial charge in [-0.2, -0.15) is 0 Å². The van der Waals surface area contributed by atoms with Crippen LogP contribution in [0, 0.1) is 0 Å². The lowest BCUT2D eigenvalue weighted by Crippen LogP contribution is -1.95. The lowest BCUT2D eigenvalue weighted by Gasteiger charge is -2.07. The van der Waals surface area contributed by atoms with Crippen molar-refractivity contribution in [3.63, 3.8) is 0 Å². The largest absolute Gasteiger partial charge is 0.276 e. The predicted molar refractivity (Wildman–Crippen MR) is 82.4 cm³/mol. The molecular formula is C16H9Cl2NO. The summed E-state index contributed by atoms with van der Waals surface area (Å²) in [6.45, 7) is 0. The lowest BCUT2D eigenvalue weighted by molar-refractivity contribution is 0.108. The minimum Gasteiger partial charge on any atom is -0.276 e. The number of aromatic nitrogens is 1. The molecule has 4 heteroatoms. The fourth-order valence-corrected chi connectivity index (χ4v) is 2.44. The molecule has 0 fully saturated rings. The Kier molecular flexibility index (Phi) is 3.43. The number of nitrogens with zero attached hydrogens (tertiary/aromatic N) is 1. The first-order chi connectivity index (χ1) is 9.65. The van der Waals surface area contributed by atoms with E-state index in [0.717, 1.165) is 5.56 Å². The molecule has 0 aliphatic heterocycles. The van der Waals surface area contributed by atoms with Crippen LogP contribution in [0.4, 0.5) is 0 Å². The summed E-state index contributed by atoms with van der Waals surface area (Å²) in [5, 5.41) is 0.772. The standard InChI is InChI=1S/C16H9Cl2NO/c17-11-6-7-12-13(16(18)20)9-14(19-15(12)8-11)10-4-2-1-3-5-10/h1-9H. The van der Waals surface area contributed by atoms with Crippen LogP contribution in [0.5, 0.6) is 0 Å². The summed E-state index contributed by atoms with van der Waals surface area (Å²) in [7, 11) is 0. The smallest absolute Gasteiger partial charge is 0.253 e. The second-order valence-corrected chi connectivity index (χ2v) is 5.14.